The molecule has 3 nitrogen and oxygen atoms in total. The molecular weight excluding hydrogens is 318 g/mol. The highest BCUT2D eigenvalue weighted by molar-refractivity contribution is 7.12. The van der Waals surface area contributed by atoms with Gasteiger partial charge in [0, 0.05) is 19.0 Å². The first-order chi connectivity index (χ1) is 11.7. The molecule has 2 aromatic carbocycles. The summed E-state index contributed by atoms with van der Waals surface area (Å²) in [4.78, 5) is 15.0. The Balaban J connectivity index is 1.53. The second-order valence-corrected chi connectivity index (χ2v) is 7.25. The van der Waals surface area contributed by atoms with Crippen LogP contribution in [0.1, 0.15) is 27.6 Å². The van der Waals surface area contributed by atoms with Gasteiger partial charge in [0.25, 0.3) is 5.91 Å². The zero-order valence-corrected chi connectivity index (χ0v) is 14.1. The molecule has 1 saturated heterocycles. The van der Waals surface area contributed by atoms with Crippen molar-refractivity contribution in [3.8, 4) is 0 Å². The van der Waals surface area contributed by atoms with Crippen molar-refractivity contribution in [2.45, 2.75) is 18.4 Å². The van der Waals surface area contributed by atoms with Gasteiger partial charge < -0.3 is 10.0 Å². The number of hydrogen-bond acceptors (Lipinski definition) is 3. The van der Waals surface area contributed by atoms with Gasteiger partial charge in [0.1, 0.15) is 0 Å². The smallest absolute Gasteiger partial charge is 0.264 e. The number of aliphatic hydroxyl groups is 1. The minimum atomic E-state index is -0.524. The Morgan fingerprint density at radius 1 is 1.08 bits per heavy atom. The number of nitrogens with zero attached hydrogens (tertiary/aromatic N) is 1. The predicted octanol–water partition coefficient (Wildman–Crippen LogP) is 3.89. The summed E-state index contributed by atoms with van der Waals surface area (Å²) in [6, 6.07) is 18.4. The quantitative estimate of drug-likeness (QED) is 0.771. The van der Waals surface area contributed by atoms with E-state index in [2.05, 4.69) is 30.3 Å². The van der Waals surface area contributed by atoms with Crippen LogP contribution in [0.4, 0.5) is 0 Å². The molecule has 0 radical (unpaired) electrons. The number of β-amino-alcohol motifs (C(OH)–C–C–N with tert-alkyl or cyclic N) is 1. The monoisotopic (exact) mass is 337 g/mol. The maximum Gasteiger partial charge on any atom is 0.264 e. The lowest BCUT2D eigenvalue weighted by atomic mass is 9.86. The van der Waals surface area contributed by atoms with Gasteiger partial charge in [-0.3, -0.25) is 4.79 Å². The normalized spacial score (nSPS) is 21.1. The molecule has 1 amide bonds. The van der Waals surface area contributed by atoms with Crippen LogP contribution in [0.3, 0.4) is 0 Å². The number of amides is 1. The average Bonchev–Trinajstić information content (AvgIpc) is 3.15. The summed E-state index contributed by atoms with van der Waals surface area (Å²) in [6.07, 6.45) is 0.264. The van der Waals surface area contributed by atoms with Crippen molar-refractivity contribution in [1.82, 2.24) is 4.90 Å². The number of carbonyl (C=O) groups is 1. The highest BCUT2D eigenvalue weighted by Crippen LogP contribution is 2.31. The van der Waals surface area contributed by atoms with E-state index in [1.165, 1.54) is 22.1 Å². The van der Waals surface area contributed by atoms with E-state index < -0.39 is 6.10 Å². The Hall–Kier alpha value is -2.17. The molecule has 1 aliphatic rings. The lowest BCUT2D eigenvalue weighted by Crippen LogP contribution is -2.45. The van der Waals surface area contributed by atoms with Crippen LogP contribution in [0.2, 0.25) is 0 Å². The Kier molecular flexibility index (Phi) is 4.08. The molecule has 0 bridgehead atoms. The lowest BCUT2D eigenvalue weighted by molar-refractivity contribution is 0.0386. The number of fused-ring (bicyclic) bond motifs is 1. The molecule has 2 atom stereocenters. The van der Waals surface area contributed by atoms with E-state index in [-0.39, 0.29) is 11.8 Å². The average molecular weight is 337 g/mol. The Morgan fingerprint density at radius 3 is 2.67 bits per heavy atom. The maximum absolute atomic E-state index is 12.4. The first-order valence-electron chi connectivity index (χ1n) is 8.22. The van der Waals surface area contributed by atoms with E-state index in [1.54, 1.807) is 4.90 Å². The fourth-order valence-electron chi connectivity index (χ4n) is 3.50. The van der Waals surface area contributed by atoms with E-state index >= 15 is 0 Å². The van der Waals surface area contributed by atoms with Gasteiger partial charge >= 0.3 is 0 Å². The van der Waals surface area contributed by atoms with Crippen molar-refractivity contribution in [3.05, 3.63) is 70.4 Å². The van der Waals surface area contributed by atoms with Crippen molar-refractivity contribution in [2.24, 2.45) is 0 Å². The van der Waals surface area contributed by atoms with Crippen LogP contribution in [0.25, 0.3) is 10.8 Å². The number of thiophene rings is 1. The second kappa shape index (κ2) is 6.38. The van der Waals surface area contributed by atoms with Gasteiger partial charge in [-0.15, -0.1) is 11.3 Å². The summed E-state index contributed by atoms with van der Waals surface area (Å²) < 4.78 is 0. The van der Waals surface area contributed by atoms with Crippen molar-refractivity contribution in [2.75, 3.05) is 13.1 Å². The zero-order chi connectivity index (χ0) is 16.5. The summed E-state index contributed by atoms with van der Waals surface area (Å²) in [7, 11) is 0. The largest absolute Gasteiger partial charge is 0.391 e. The van der Waals surface area contributed by atoms with Gasteiger partial charge in [-0.2, -0.15) is 0 Å². The van der Waals surface area contributed by atoms with Crippen molar-refractivity contribution in [3.63, 3.8) is 0 Å². The highest BCUT2D eigenvalue weighted by atomic mass is 32.1. The van der Waals surface area contributed by atoms with Gasteiger partial charge in [-0.1, -0.05) is 48.5 Å². The van der Waals surface area contributed by atoms with Gasteiger partial charge in [0.05, 0.1) is 11.0 Å². The number of benzene rings is 2. The second-order valence-electron chi connectivity index (χ2n) is 6.30. The molecular formula is C20H19NO2S. The van der Waals surface area contributed by atoms with Gasteiger partial charge in [-0.25, -0.2) is 0 Å². The number of piperidine rings is 1. The SMILES string of the molecule is O=C(c1cccs1)N1CC[C@@H](c2ccc3ccccc3c2)[C@H](O)C1. The van der Waals surface area contributed by atoms with Crippen LogP contribution < -0.4 is 0 Å². The molecule has 24 heavy (non-hydrogen) atoms. The number of rotatable bonds is 2. The molecule has 1 aliphatic heterocycles. The molecule has 0 aliphatic carbocycles. The Morgan fingerprint density at radius 2 is 1.92 bits per heavy atom. The number of carbonyl (C=O) groups excluding carboxylic acids is 1. The van der Waals surface area contributed by atoms with E-state index in [9.17, 15) is 9.90 Å². The Bertz CT molecular complexity index is 859. The van der Waals surface area contributed by atoms with Crippen LogP contribution in [0.15, 0.2) is 60.0 Å². The summed E-state index contributed by atoms with van der Waals surface area (Å²) in [5.41, 5.74) is 1.16. The van der Waals surface area contributed by atoms with Crippen LogP contribution in [-0.4, -0.2) is 35.1 Å². The molecule has 4 heteroatoms. The van der Waals surface area contributed by atoms with Crippen molar-refractivity contribution < 1.29 is 9.90 Å². The van der Waals surface area contributed by atoms with Gasteiger partial charge in [0.2, 0.25) is 0 Å². The third-order valence-corrected chi connectivity index (χ3v) is 5.66. The first-order valence-corrected chi connectivity index (χ1v) is 9.10. The molecule has 0 unspecified atom stereocenters. The minimum Gasteiger partial charge on any atom is -0.391 e. The molecule has 2 heterocycles. The van der Waals surface area contributed by atoms with E-state index in [4.69, 9.17) is 0 Å². The molecule has 0 spiro atoms. The number of hydrogen-bond donors (Lipinski definition) is 1. The van der Waals surface area contributed by atoms with Crippen molar-refractivity contribution >= 4 is 28.0 Å². The van der Waals surface area contributed by atoms with Crippen LogP contribution >= 0.6 is 11.3 Å². The standard InChI is InChI=1S/C20H19NO2S/c22-18-13-21(20(23)19-6-3-11-24-19)10-9-17(18)16-8-7-14-4-1-2-5-15(14)12-16/h1-8,11-12,17-18,22H,9-10,13H2/t17-,18+/m0/s1. The summed E-state index contributed by atoms with van der Waals surface area (Å²) in [6.45, 7) is 1.08. The van der Waals surface area contributed by atoms with E-state index in [1.807, 2.05) is 29.6 Å². The third-order valence-electron chi connectivity index (χ3n) is 4.80. The third kappa shape index (κ3) is 2.83. The Labute approximate surface area is 145 Å². The van der Waals surface area contributed by atoms with Crippen LogP contribution in [0.5, 0.6) is 0 Å². The maximum atomic E-state index is 12.4. The molecule has 1 fully saturated rings. The molecule has 4 rings (SSSR count). The number of aliphatic hydroxyl groups excluding tert-OH is 1. The van der Waals surface area contributed by atoms with Gasteiger partial charge in [0.15, 0.2) is 0 Å². The zero-order valence-electron chi connectivity index (χ0n) is 13.3. The minimum absolute atomic E-state index is 0.0287. The highest BCUT2D eigenvalue weighted by Gasteiger charge is 2.31. The molecule has 3 aromatic rings. The predicted molar refractivity (Wildman–Crippen MR) is 97.5 cm³/mol. The summed E-state index contributed by atoms with van der Waals surface area (Å²) in [5.74, 6) is 0.114. The van der Waals surface area contributed by atoms with Crippen LogP contribution in [0, 0.1) is 0 Å². The molecule has 122 valence electrons. The van der Waals surface area contributed by atoms with E-state index in [0.717, 1.165) is 16.9 Å². The lowest BCUT2D eigenvalue weighted by Gasteiger charge is -2.36. The van der Waals surface area contributed by atoms with Gasteiger partial charge in [-0.05, 0) is 34.2 Å². The topological polar surface area (TPSA) is 40.5 Å². The molecule has 0 saturated carbocycles. The molecule has 1 aromatic heterocycles. The number of likely N-dealkylation sites (tertiary alicyclic amines) is 1. The first kappa shape index (κ1) is 15.4. The van der Waals surface area contributed by atoms with Crippen LogP contribution in [-0.2, 0) is 0 Å². The van der Waals surface area contributed by atoms with E-state index in [0.29, 0.717) is 13.1 Å². The fourth-order valence-corrected chi connectivity index (χ4v) is 4.19. The molecule has 1 N–H and O–H groups in total. The van der Waals surface area contributed by atoms with Crippen molar-refractivity contribution in [1.29, 1.82) is 0 Å². The summed E-state index contributed by atoms with van der Waals surface area (Å²) >= 11 is 1.45. The summed E-state index contributed by atoms with van der Waals surface area (Å²) in [5, 5.41) is 14.9. The fraction of sp³-hybridized carbons (Fsp3) is 0.250.